The Bertz CT molecular complexity index is 139. The standard InChI is InChI=1S/C8H13NO/c1-9-6-2-4-8-5-3-7-10-8/h8-9H,3,5-7H2,1H3. The smallest absolute Gasteiger partial charge is 0.118 e. The van der Waals surface area contributed by atoms with Crippen molar-refractivity contribution in [3.05, 3.63) is 0 Å². The van der Waals surface area contributed by atoms with Gasteiger partial charge in [0.1, 0.15) is 6.10 Å². The van der Waals surface area contributed by atoms with Gasteiger partial charge in [0, 0.05) is 6.61 Å². The van der Waals surface area contributed by atoms with Crippen molar-refractivity contribution in [1.29, 1.82) is 0 Å². The van der Waals surface area contributed by atoms with Gasteiger partial charge in [0.15, 0.2) is 0 Å². The van der Waals surface area contributed by atoms with E-state index in [0.717, 1.165) is 19.6 Å². The van der Waals surface area contributed by atoms with E-state index in [4.69, 9.17) is 4.74 Å². The van der Waals surface area contributed by atoms with E-state index in [9.17, 15) is 0 Å². The summed E-state index contributed by atoms with van der Waals surface area (Å²) in [5.74, 6) is 6.04. The molecule has 2 nitrogen and oxygen atoms in total. The van der Waals surface area contributed by atoms with Crippen LogP contribution in [0.25, 0.3) is 0 Å². The van der Waals surface area contributed by atoms with Crippen molar-refractivity contribution in [3.8, 4) is 11.8 Å². The summed E-state index contributed by atoms with van der Waals surface area (Å²) >= 11 is 0. The van der Waals surface area contributed by atoms with Crippen molar-refractivity contribution in [2.45, 2.75) is 18.9 Å². The van der Waals surface area contributed by atoms with Gasteiger partial charge in [0.25, 0.3) is 0 Å². The minimum Gasteiger partial charge on any atom is -0.366 e. The first-order valence-corrected chi connectivity index (χ1v) is 3.68. The minimum absolute atomic E-state index is 0.216. The van der Waals surface area contributed by atoms with Crippen molar-refractivity contribution in [3.63, 3.8) is 0 Å². The van der Waals surface area contributed by atoms with Crippen molar-refractivity contribution < 1.29 is 4.74 Å². The highest BCUT2D eigenvalue weighted by Gasteiger charge is 2.10. The Hall–Kier alpha value is -0.520. The molecule has 0 aliphatic carbocycles. The van der Waals surface area contributed by atoms with Crippen LogP contribution < -0.4 is 5.32 Å². The molecule has 0 radical (unpaired) electrons. The second-order valence-corrected chi connectivity index (χ2v) is 2.35. The van der Waals surface area contributed by atoms with Crippen molar-refractivity contribution in [2.24, 2.45) is 0 Å². The maximum absolute atomic E-state index is 5.30. The van der Waals surface area contributed by atoms with Crippen molar-refractivity contribution >= 4 is 0 Å². The Balaban J connectivity index is 2.17. The zero-order valence-corrected chi connectivity index (χ0v) is 6.31. The van der Waals surface area contributed by atoms with Crippen LogP contribution in [0.2, 0.25) is 0 Å². The van der Waals surface area contributed by atoms with Gasteiger partial charge in [-0.15, -0.1) is 0 Å². The Morgan fingerprint density at radius 1 is 1.70 bits per heavy atom. The molecule has 1 rings (SSSR count). The van der Waals surface area contributed by atoms with Gasteiger partial charge in [-0.25, -0.2) is 0 Å². The molecule has 1 aliphatic heterocycles. The first-order valence-electron chi connectivity index (χ1n) is 3.68. The third-order valence-electron chi connectivity index (χ3n) is 1.46. The van der Waals surface area contributed by atoms with E-state index in [1.54, 1.807) is 0 Å². The average Bonchev–Trinajstić information content (AvgIpc) is 2.41. The van der Waals surface area contributed by atoms with Crippen molar-refractivity contribution in [1.82, 2.24) is 5.32 Å². The molecule has 1 fully saturated rings. The van der Waals surface area contributed by atoms with E-state index in [1.807, 2.05) is 7.05 Å². The van der Waals surface area contributed by atoms with Gasteiger partial charge in [-0.2, -0.15) is 0 Å². The van der Waals surface area contributed by atoms with Crippen LogP contribution in [0.15, 0.2) is 0 Å². The largest absolute Gasteiger partial charge is 0.366 e. The zero-order chi connectivity index (χ0) is 7.23. The highest BCUT2D eigenvalue weighted by atomic mass is 16.5. The second kappa shape index (κ2) is 4.32. The summed E-state index contributed by atoms with van der Waals surface area (Å²) in [6, 6.07) is 0. The van der Waals surface area contributed by atoms with Crippen LogP contribution in [0.1, 0.15) is 12.8 Å². The maximum atomic E-state index is 5.30. The van der Waals surface area contributed by atoms with Crippen LogP contribution in [0.5, 0.6) is 0 Å². The topological polar surface area (TPSA) is 21.3 Å². The predicted molar refractivity (Wildman–Crippen MR) is 40.7 cm³/mol. The van der Waals surface area contributed by atoms with Crippen LogP contribution in [0, 0.1) is 11.8 Å². The van der Waals surface area contributed by atoms with Gasteiger partial charge in [0.2, 0.25) is 0 Å². The summed E-state index contributed by atoms with van der Waals surface area (Å²) in [5.41, 5.74) is 0. The molecular formula is C8H13NO. The van der Waals surface area contributed by atoms with E-state index in [1.165, 1.54) is 6.42 Å². The first-order chi connectivity index (χ1) is 4.93. The van der Waals surface area contributed by atoms with E-state index in [2.05, 4.69) is 17.2 Å². The quantitative estimate of drug-likeness (QED) is 0.530. The molecule has 1 N–H and O–H groups in total. The third kappa shape index (κ3) is 2.38. The summed E-state index contributed by atoms with van der Waals surface area (Å²) < 4.78 is 5.30. The van der Waals surface area contributed by atoms with Crippen LogP contribution in [-0.2, 0) is 4.74 Å². The van der Waals surface area contributed by atoms with Gasteiger partial charge < -0.3 is 10.1 Å². The summed E-state index contributed by atoms with van der Waals surface area (Å²) in [4.78, 5) is 0. The molecule has 0 aromatic carbocycles. The van der Waals surface area contributed by atoms with Crippen LogP contribution in [0.3, 0.4) is 0 Å². The monoisotopic (exact) mass is 139 g/mol. The van der Waals surface area contributed by atoms with Crippen LogP contribution in [-0.4, -0.2) is 26.3 Å². The third-order valence-corrected chi connectivity index (χ3v) is 1.46. The summed E-state index contributed by atoms with van der Waals surface area (Å²) in [7, 11) is 1.89. The Kier molecular flexibility index (Phi) is 3.28. The zero-order valence-electron chi connectivity index (χ0n) is 6.31. The molecule has 0 aromatic rings. The van der Waals surface area contributed by atoms with Gasteiger partial charge in [0.05, 0.1) is 6.54 Å². The van der Waals surface area contributed by atoms with E-state index in [0.29, 0.717) is 0 Å². The molecule has 2 heteroatoms. The van der Waals surface area contributed by atoms with Gasteiger partial charge in [-0.3, -0.25) is 0 Å². The van der Waals surface area contributed by atoms with Crippen LogP contribution >= 0.6 is 0 Å². The Labute approximate surface area is 62.0 Å². The fourth-order valence-corrected chi connectivity index (χ4v) is 0.945. The fourth-order valence-electron chi connectivity index (χ4n) is 0.945. The number of rotatable bonds is 1. The molecule has 1 atom stereocenters. The number of hydrogen-bond acceptors (Lipinski definition) is 2. The molecule has 0 amide bonds. The molecule has 1 aliphatic rings. The number of nitrogens with one attached hydrogen (secondary N) is 1. The fraction of sp³-hybridized carbons (Fsp3) is 0.750. The molecule has 0 aromatic heterocycles. The molecule has 1 unspecified atom stereocenters. The molecule has 10 heavy (non-hydrogen) atoms. The highest BCUT2D eigenvalue weighted by Crippen LogP contribution is 2.09. The normalized spacial score (nSPS) is 23.9. The molecule has 0 bridgehead atoms. The lowest BCUT2D eigenvalue weighted by atomic mass is 10.2. The lowest BCUT2D eigenvalue weighted by Gasteiger charge is -1.96. The SMILES string of the molecule is CNCC#CC1CCCO1. The summed E-state index contributed by atoms with van der Waals surface area (Å²) in [6.45, 7) is 1.65. The Morgan fingerprint density at radius 3 is 3.20 bits per heavy atom. The van der Waals surface area contributed by atoms with E-state index >= 15 is 0 Å². The van der Waals surface area contributed by atoms with Gasteiger partial charge >= 0.3 is 0 Å². The molecule has 0 spiro atoms. The maximum Gasteiger partial charge on any atom is 0.118 e. The number of hydrogen-bond donors (Lipinski definition) is 1. The molecule has 1 saturated heterocycles. The summed E-state index contributed by atoms with van der Waals surface area (Å²) in [5, 5.41) is 2.96. The van der Waals surface area contributed by atoms with Crippen molar-refractivity contribution in [2.75, 3.05) is 20.2 Å². The molecule has 56 valence electrons. The number of ether oxygens (including phenoxy) is 1. The van der Waals surface area contributed by atoms with E-state index < -0.39 is 0 Å². The lowest BCUT2D eigenvalue weighted by Crippen LogP contribution is -2.06. The molecular weight excluding hydrogens is 126 g/mol. The molecule has 1 heterocycles. The second-order valence-electron chi connectivity index (χ2n) is 2.35. The Morgan fingerprint density at radius 2 is 2.60 bits per heavy atom. The molecule has 0 saturated carbocycles. The highest BCUT2D eigenvalue weighted by molar-refractivity contribution is 5.07. The van der Waals surface area contributed by atoms with E-state index in [-0.39, 0.29) is 6.10 Å². The predicted octanol–water partition coefficient (Wildman–Crippen LogP) is 0.388. The lowest BCUT2D eigenvalue weighted by molar-refractivity contribution is 0.152. The first kappa shape index (κ1) is 7.59. The minimum atomic E-state index is 0.216. The average molecular weight is 139 g/mol. The van der Waals surface area contributed by atoms with Gasteiger partial charge in [-0.05, 0) is 19.9 Å². The summed E-state index contributed by atoms with van der Waals surface area (Å²) in [6.07, 6.45) is 2.49. The van der Waals surface area contributed by atoms with Crippen LogP contribution in [0.4, 0.5) is 0 Å². The van der Waals surface area contributed by atoms with Gasteiger partial charge in [-0.1, -0.05) is 11.8 Å².